The van der Waals surface area contributed by atoms with Crippen LogP contribution in [-0.4, -0.2) is 19.7 Å². The van der Waals surface area contributed by atoms with Gasteiger partial charge in [0, 0.05) is 6.04 Å². The third kappa shape index (κ3) is 3.74. The number of benzene rings is 1. The smallest absolute Gasteiger partial charge is 0.124 e. The molecule has 0 atom stereocenters. The van der Waals surface area contributed by atoms with Gasteiger partial charge in [0.05, 0.1) is 7.11 Å². The predicted octanol–water partition coefficient (Wildman–Crippen LogP) is 3.39. The molecule has 1 aromatic rings. The van der Waals surface area contributed by atoms with Crippen LogP contribution in [0.25, 0.3) is 0 Å². The molecule has 2 rings (SSSR count). The summed E-state index contributed by atoms with van der Waals surface area (Å²) in [5.41, 5.74) is 3.95. The summed E-state index contributed by atoms with van der Waals surface area (Å²) in [6.07, 6.45) is 6.50. The Morgan fingerprint density at radius 1 is 1.17 bits per heavy atom. The van der Waals surface area contributed by atoms with E-state index in [1.54, 1.807) is 7.11 Å². The number of methoxy groups -OCH3 is 1. The molecule has 0 saturated heterocycles. The second-order valence-corrected chi connectivity index (χ2v) is 5.45. The van der Waals surface area contributed by atoms with Crippen LogP contribution in [0.4, 0.5) is 0 Å². The Kier molecular flexibility index (Phi) is 4.65. The van der Waals surface area contributed by atoms with Crippen molar-refractivity contribution in [1.82, 2.24) is 5.32 Å². The van der Waals surface area contributed by atoms with Gasteiger partial charge in [-0.2, -0.15) is 0 Å². The van der Waals surface area contributed by atoms with E-state index in [9.17, 15) is 0 Å². The SMILES string of the molecule is COc1c(C)cc(CCCCNC2CC2)cc1C. The summed E-state index contributed by atoms with van der Waals surface area (Å²) < 4.78 is 5.40. The fourth-order valence-electron chi connectivity index (χ4n) is 2.55. The van der Waals surface area contributed by atoms with E-state index in [1.165, 1.54) is 55.3 Å². The minimum atomic E-state index is 0.843. The molecule has 1 N–H and O–H groups in total. The van der Waals surface area contributed by atoms with Crippen LogP contribution in [0.1, 0.15) is 42.4 Å². The van der Waals surface area contributed by atoms with Gasteiger partial charge in [0.15, 0.2) is 0 Å². The molecule has 0 unspecified atom stereocenters. The highest BCUT2D eigenvalue weighted by Gasteiger charge is 2.19. The fourth-order valence-corrected chi connectivity index (χ4v) is 2.55. The zero-order valence-corrected chi connectivity index (χ0v) is 11.9. The van der Waals surface area contributed by atoms with Crippen molar-refractivity contribution in [2.75, 3.05) is 13.7 Å². The van der Waals surface area contributed by atoms with Gasteiger partial charge < -0.3 is 10.1 Å². The van der Waals surface area contributed by atoms with Crippen LogP contribution >= 0.6 is 0 Å². The quantitative estimate of drug-likeness (QED) is 0.746. The summed E-state index contributed by atoms with van der Waals surface area (Å²) in [6, 6.07) is 5.37. The molecule has 1 fully saturated rings. The van der Waals surface area contributed by atoms with Crippen molar-refractivity contribution in [2.45, 2.75) is 52.0 Å². The third-order valence-corrected chi connectivity index (χ3v) is 3.63. The molecule has 2 nitrogen and oxygen atoms in total. The number of hydrogen-bond acceptors (Lipinski definition) is 2. The van der Waals surface area contributed by atoms with Crippen molar-refractivity contribution in [3.8, 4) is 5.75 Å². The molecular formula is C16H25NO. The normalized spacial score (nSPS) is 14.8. The standard InChI is InChI=1S/C16H25NO/c1-12-10-14(11-13(2)16(12)18-3)6-4-5-9-17-15-7-8-15/h10-11,15,17H,4-9H2,1-3H3. The first kappa shape index (κ1) is 13.4. The van der Waals surface area contributed by atoms with Crippen molar-refractivity contribution >= 4 is 0 Å². The first-order valence-electron chi connectivity index (χ1n) is 7.08. The molecule has 1 saturated carbocycles. The molecule has 1 aromatic carbocycles. The second kappa shape index (κ2) is 6.24. The first-order valence-corrected chi connectivity index (χ1v) is 7.08. The van der Waals surface area contributed by atoms with Crippen molar-refractivity contribution in [1.29, 1.82) is 0 Å². The lowest BCUT2D eigenvalue weighted by molar-refractivity contribution is 0.408. The lowest BCUT2D eigenvalue weighted by Gasteiger charge is -2.11. The Bertz CT molecular complexity index is 373. The third-order valence-electron chi connectivity index (χ3n) is 3.63. The van der Waals surface area contributed by atoms with Crippen LogP contribution in [-0.2, 0) is 6.42 Å². The lowest BCUT2D eigenvalue weighted by atomic mass is 10.0. The number of aryl methyl sites for hydroxylation is 3. The fraction of sp³-hybridized carbons (Fsp3) is 0.625. The zero-order valence-electron chi connectivity index (χ0n) is 11.9. The maximum atomic E-state index is 5.40. The average molecular weight is 247 g/mol. The highest BCUT2D eigenvalue weighted by atomic mass is 16.5. The van der Waals surface area contributed by atoms with Crippen molar-refractivity contribution in [3.63, 3.8) is 0 Å². The van der Waals surface area contributed by atoms with Crippen LogP contribution in [0.3, 0.4) is 0 Å². The van der Waals surface area contributed by atoms with E-state index in [0.717, 1.165) is 11.8 Å². The van der Waals surface area contributed by atoms with Gasteiger partial charge in [-0.05, 0) is 69.2 Å². The van der Waals surface area contributed by atoms with Gasteiger partial charge in [0.25, 0.3) is 0 Å². The van der Waals surface area contributed by atoms with Crippen LogP contribution in [0.2, 0.25) is 0 Å². The summed E-state index contributed by atoms with van der Waals surface area (Å²) in [4.78, 5) is 0. The monoisotopic (exact) mass is 247 g/mol. The molecule has 2 heteroatoms. The van der Waals surface area contributed by atoms with Gasteiger partial charge in [-0.25, -0.2) is 0 Å². The number of nitrogens with one attached hydrogen (secondary N) is 1. The number of ether oxygens (including phenoxy) is 1. The van der Waals surface area contributed by atoms with Crippen LogP contribution < -0.4 is 10.1 Å². The van der Waals surface area contributed by atoms with Crippen molar-refractivity contribution in [2.24, 2.45) is 0 Å². The summed E-state index contributed by atoms with van der Waals surface area (Å²) >= 11 is 0. The number of rotatable bonds is 7. The molecule has 1 aliphatic carbocycles. The maximum Gasteiger partial charge on any atom is 0.124 e. The zero-order chi connectivity index (χ0) is 13.0. The lowest BCUT2D eigenvalue weighted by Crippen LogP contribution is -2.17. The Balaban J connectivity index is 1.77. The molecule has 100 valence electrons. The van der Waals surface area contributed by atoms with Crippen LogP contribution in [0.15, 0.2) is 12.1 Å². The molecule has 0 radical (unpaired) electrons. The predicted molar refractivity (Wildman–Crippen MR) is 76.4 cm³/mol. The summed E-state index contributed by atoms with van der Waals surface area (Å²) in [5, 5.41) is 3.56. The minimum Gasteiger partial charge on any atom is -0.496 e. The molecule has 0 spiro atoms. The van der Waals surface area contributed by atoms with E-state index in [2.05, 4.69) is 31.3 Å². The summed E-state index contributed by atoms with van der Waals surface area (Å²) in [6.45, 7) is 5.44. The molecule has 0 aliphatic heterocycles. The molecule has 0 amide bonds. The largest absolute Gasteiger partial charge is 0.496 e. The van der Waals surface area contributed by atoms with Gasteiger partial charge in [0.1, 0.15) is 5.75 Å². The van der Waals surface area contributed by atoms with E-state index >= 15 is 0 Å². The van der Waals surface area contributed by atoms with Crippen LogP contribution in [0.5, 0.6) is 5.75 Å². The van der Waals surface area contributed by atoms with Crippen molar-refractivity contribution < 1.29 is 4.74 Å². The van der Waals surface area contributed by atoms with Gasteiger partial charge in [-0.1, -0.05) is 12.1 Å². The Morgan fingerprint density at radius 3 is 2.39 bits per heavy atom. The van der Waals surface area contributed by atoms with Gasteiger partial charge in [0.2, 0.25) is 0 Å². The van der Waals surface area contributed by atoms with Gasteiger partial charge in [-0.15, -0.1) is 0 Å². The molecule has 1 aliphatic rings. The summed E-state index contributed by atoms with van der Waals surface area (Å²) in [7, 11) is 1.75. The number of unbranched alkanes of at least 4 members (excludes halogenated alkanes) is 1. The Morgan fingerprint density at radius 2 is 1.83 bits per heavy atom. The van der Waals surface area contributed by atoms with E-state index < -0.39 is 0 Å². The Hall–Kier alpha value is -1.02. The van der Waals surface area contributed by atoms with Crippen LogP contribution in [0, 0.1) is 13.8 Å². The molecule has 0 heterocycles. The highest BCUT2D eigenvalue weighted by molar-refractivity contribution is 5.43. The first-order chi connectivity index (χ1) is 8.70. The molecule has 18 heavy (non-hydrogen) atoms. The Labute approximate surface area is 111 Å². The number of hydrogen-bond donors (Lipinski definition) is 1. The summed E-state index contributed by atoms with van der Waals surface area (Å²) in [5.74, 6) is 1.04. The van der Waals surface area contributed by atoms with Gasteiger partial charge >= 0.3 is 0 Å². The average Bonchev–Trinajstić information content (AvgIpc) is 3.12. The molecule has 0 aromatic heterocycles. The molecular weight excluding hydrogens is 222 g/mol. The second-order valence-electron chi connectivity index (χ2n) is 5.45. The maximum absolute atomic E-state index is 5.40. The minimum absolute atomic E-state index is 0.843. The topological polar surface area (TPSA) is 21.3 Å². The van der Waals surface area contributed by atoms with E-state index in [-0.39, 0.29) is 0 Å². The van der Waals surface area contributed by atoms with Gasteiger partial charge in [-0.3, -0.25) is 0 Å². The van der Waals surface area contributed by atoms with E-state index in [1.807, 2.05) is 0 Å². The highest BCUT2D eigenvalue weighted by Crippen LogP contribution is 2.25. The van der Waals surface area contributed by atoms with E-state index in [0.29, 0.717) is 0 Å². The molecule has 0 bridgehead atoms. The van der Waals surface area contributed by atoms with E-state index in [4.69, 9.17) is 4.74 Å². The van der Waals surface area contributed by atoms with Crippen molar-refractivity contribution in [3.05, 3.63) is 28.8 Å².